The summed E-state index contributed by atoms with van der Waals surface area (Å²) in [6.45, 7) is 3.25. The number of aliphatic hydroxyl groups excluding tert-OH is 1. The van der Waals surface area contributed by atoms with E-state index in [-0.39, 0.29) is 0 Å². The van der Waals surface area contributed by atoms with E-state index in [1.165, 1.54) is 0 Å². The lowest BCUT2D eigenvalue weighted by atomic mass is 10.1. The summed E-state index contributed by atoms with van der Waals surface area (Å²) in [6.07, 6.45) is -0.467. The lowest BCUT2D eigenvalue weighted by Crippen LogP contribution is -2.24. The van der Waals surface area contributed by atoms with E-state index >= 15 is 0 Å². The fourth-order valence-corrected chi connectivity index (χ4v) is 2.56. The van der Waals surface area contributed by atoms with E-state index in [4.69, 9.17) is 0 Å². The highest BCUT2D eigenvalue weighted by Gasteiger charge is 2.12. The summed E-state index contributed by atoms with van der Waals surface area (Å²) in [5, 5.41) is 20.1. The molecule has 0 aliphatic heterocycles. The number of aryl methyl sites for hydroxylation is 1. The van der Waals surface area contributed by atoms with Crippen LogP contribution >= 0.6 is 11.3 Å². The summed E-state index contributed by atoms with van der Waals surface area (Å²) >= 11 is 1.59. The smallest absolute Gasteiger partial charge is 0.131 e. The average Bonchev–Trinajstić information content (AvgIpc) is 2.75. The van der Waals surface area contributed by atoms with Gasteiger partial charge in [-0.15, -0.1) is 21.5 Å². The van der Waals surface area contributed by atoms with Gasteiger partial charge in [0.15, 0.2) is 0 Å². The van der Waals surface area contributed by atoms with Gasteiger partial charge in [0.25, 0.3) is 0 Å². The Hall–Kier alpha value is -1.30. The normalized spacial score (nSPS) is 12.9. The van der Waals surface area contributed by atoms with Crippen LogP contribution in [-0.2, 0) is 6.54 Å². The molecule has 0 saturated carbocycles. The van der Waals surface area contributed by atoms with Crippen molar-refractivity contribution in [3.05, 3.63) is 45.9 Å². The SMILES string of the molecule is Cc1nnc(CN(C)C[C@H](O)c2ccccc2)s1. The van der Waals surface area contributed by atoms with Crippen molar-refractivity contribution in [1.82, 2.24) is 15.1 Å². The third-order valence-electron chi connectivity index (χ3n) is 2.64. The van der Waals surface area contributed by atoms with E-state index < -0.39 is 6.10 Å². The molecule has 2 aromatic rings. The van der Waals surface area contributed by atoms with Crippen molar-refractivity contribution in [3.8, 4) is 0 Å². The molecular weight excluding hydrogens is 246 g/mol. The Morgan fingerprint density at radius 2 is 2.00 bits per heavy atom. The maximum Gasteiger partial charge on any atom is 0.131 e. The van der Waals surface area contributed by atoms with Crippen molar-refractivity contribution >= 4 is 11.3 Å². The first-order valence-corrected chi connectivity index (χ1v) is 6.67. The molecule has 0 amide bonds. The number of rotatable bonds is 5. The molecule has 1 aromatic carbocycles. The zero-order chi connectivity index (χ0) is 13.0. The lowest BCUT2D eigenvalue weighted by Gasteiger charge is -2.19. The van der Waals surface area contributed by atoms with Crippen LogP contribution in [0.2, 0.25) is 0 Å². The van der Waals surface area contributed by atoms with E-state index in [9.17, 15) is 5.11 Å². The fraction of sp³-hybridized carbons (Fsp3) is 0.385. The predicted octanol–water partition coefficient (Wildman–Crippen LogP) is 2.01. The first kappa shape index (κ1) is 13.1. The van der Waals surface area contributed by atoms with Gasteiger partial charge in [-0.1, -0.05) is 30.3 Å². The zero-order valence-electron chi connectivity index (χ0n) is 10.6. The molecule has 1 heterocycles. The van der Waals surface area contributed by atoms with Gasteiger partial charge in [0, 0.05) is 6.54 Å². The second-order valence-electron chi connectivity index (χ2n) is 4.34. The molecule has 1 aromatic heterocycles. The van der Waals surface area contributed by atoms with Crippen LogP contribution in [0.25, 0.3) is 0 Å². The van der Waals surface area contributed by atoms with Crippen LogP contribution in [0.4, 0.5) is 0 Å². The van der Waals surface area contributed by atoms with Crippen molar-refractivity contribution in [2.45, 2.75) is 19.6 Å². The van der Waals surface area contributed by atoms with E-state index in [0.717, 1.165) is 22.1 Å². The number of benzene rings is 1. The van der Waals surface area contributed by atoms with Gasteiger partial charge in [-0.3, -0.25) is 4.90 Å². The maximum absolute atomic E-state index is 10.1. The monoisotopic (exact) mass is 263 g/mol. The van der Waals surface area contributed by atoms with E-state index in [1.54, 1.807) is 11.3 Å². The summed E-state index contributed by atoms with van der Waals surface area (Å²) < 4.78 is 0. The Morgan fingerprint density at radius 3 is 2.61 bits per heavy atom. The quantitative estimate of drug-likeness (QED) is 0.896. The van der Waals surface area contributed by atoms with Gasteiger partial charge in [0.2, 0.25) is 0 Å². The molecule has 2 rings (SSSR count). The van der Waals surface area contributed by atoms with E-state index in [0.29, 0.717) is 6.54 Å². The summed E-state index contributed by atoms with van der Waals surface area (Å²) in [7, 11) is 1.98. The van der Waals surface area contributed by atoms with Crippen molar-refractivity contribution in [3.63, 3.8) is 0 Å². The van der Waals surface area contributed by atoms with E-state index in [1.807, 2.05) is 44.3 Å². The molecular formula is C13H17N3OS. The fourth-order valence-electron chi connectivity index (χ4n) is 1.77. The minimum Gasteiger partial charge on any atom is -0.387 e. The van der Waals surface area contributed by atoms with Crippen molar-refractivity contribution < 1.29 is 5.11 Å². The molecule has 0 unspecified atom stereocenters. The number of hydrogen-bond donors (Lipinski definition) is 1. The van der Waals surface area contributed by atoms with Crippen LogP contribution in [0.1, 0.15) is 21.7 Å². The van der Waals surface area contributed by atoms with Crippen molar-refractivity contribution in [2.75, 3.05) is 13.6 Å². The number of aliphatic hydroxyl groups is 1. The van der Waals surface area contributed by atoms with Gasteiger partial charge in [-0.2, -0.15) is 0 Å². The van der Waals surface area contributed by atoms with Crippen LogP contribution in [0.3, 0.4) is 0 Å². The van der Waals surface area contributed by atoms with Crippen LogP contribution in [-0.4, -0.2) is 33.8 Å². The molecule has 0 bridgehead atoms. The van der Waals surface area contributed by atoms with Crippen molar-refractivity contribution in [2.24, 2.45) is 0 Å². The number of likely N-dealkylation sites (N-methyl/N-ethyl adjacent to an activating group) is 1. The second kappa shape index (κ2) is 6.04. The summed E-state index contributed by atoms with van der Waals surface area (Å²) in [5.74, 6) is 0. The summed E-state index contributed by atoms with van der Waals surface area (Å²) in [6, 6.07) is 9.70. The highest BCUT2D eigenvalue weighted by Crippen LogP contribution is 2.15. The number of aromatic nitrogens is 2. The molecule has 4 nitrogen and oxygen atoms in total. The van der Waals surface area contributed by atoms with E-state index in [2.05, 4.69) is 15.1 Å². The highest BCUT2D eigenvalue weighted by molar-refractivity contribution is 7.11. The maximum atomic E-state index is 10.1. The topological polar surface area (TPSA) is 49.2 Å². The third kappa shape index (κ3) is 3.60. The van der Waals surface area contributed by atoms with Gasteiger partial charge in [0.05, 0.1) is 12.6 Å². The molecule has 18 heavy (non-hydrogen) atoms. The van der Waals surface area contributed by atoms with Crippen LogP contribution in [0.15, 0.2) is 30.3 Å². The predicted molar refractivity (Wildman–Crippen MR) is 72.4 cm³/mol. The Bertz CT molecular complexity index is 486. The average molecular weight is 263 g/mol. The van der Waals surface area contributed by atoms with Crippen molar-refractivity contribution in [1.29, 1.82) is 0 Å². The molecule has 1 atom stereocenters. The molecule has 0 radical (unpaired) electrons. The molecule has 0 spiro atoms. The molecule has 96 valence electrons. The number of nitrogens with zero attached hydrogens (tertiary/aromatic N) is 3. The van der Waals surface area contributed by atoms with Gasteiger partial charge >= 0.3 is 0 Å². The Labute approximate surface area is 111 Å². The molecule has 1 N–H and O–H groups in total. The Balaban J connectivity index is 1.89. The van der Waals surface area contributed by atoms with Crippen LogP contribution in [0, 0.1) is 6.92 Å². The largest absolute Gasteiger partial charge is 0.387 e. The molecule has 0 aliphatic rings. The van der Waals surface area contributed by atoms with Crippen LogP contribution < -0.4 is 0 Å². The minimum absolute atomic E-state index is 0.467. The minimum atomic E-state index is -0.467. The molecule has 0 aliphatic carbocycles. The first-order valence-electron chi connectivity index (χ1n) is 5.85. The molecule has 0 fully saturated rings. The van der Waals surface area contributed by atoms with Crippen LogP contribution in [0.5, 0.6) is 0 Å². The molecule has 5 heteroatoms. The number of hydrogen-bond acceptors (Lipinski definition) is 5. The first-order chi connectivity index (χ1) is 8.65. The summed E-state index contributed by atoms with van der Waals surface area (Å²) in [4.78, 5) is 2.05. The second-order valence-corrected chi connectivity index (χ2v) is 5.60. The standard InChI is InChI=1S/C13H17N3OS/c1-10-14-15-13(18-10)9-16(2)8-12(17)11-6-4-3-5-7-11/h3-7,12,17H,8-9H2,1-2H3/t12-/m0/s1. The van der Waals surface area contributed by atoms with Gasteiger partial charge < -0.3 is 5.11 Å². The Kier molecular flexibility index (Phi) is 4.41. The van der Waals surface area contributed by atoms with Gasteiger partial charge in [-0.25, -0.2) is 0 Å². The van der Waals surface area contributed by atoms with Gasteiger partial charge in [-0.05, 0) is 19.5 Å². The van der Waals surface area contributed by atoms with Gasteiger partial charge in [0.1, 0.15) is 10.0 Å². The molecule has 0 saturated heterocycles. The highest BCUT2D eigenvalue weighted by atomic mass is 32.1. The lowest BCUT2D eigenvalue weighted by molar-refractivity contribution is 0.123. The Morgan fingerprint density at radius 1 is 1.28 bits per heavy atom. The summed E-state index contributed by atoms with van der Waals surface area (Å²) in [5.41, 5.74) is 0.942. The zero-order valence-corrected chi connectivity index (χ0v) is 11.4. The third-order valence-corrected chi connectivity index (χ3v) is 3.47.